The van der Waals surface area contributed by atoms with Gasteiger partial charge in [0.05, 0.1) is 14.2 Å². The van der Waals surface area contributed by atoms with Crippen LogP contribution in [0.5, 0.6) is 17.2 Å². The van der Waals surface area contributed by atoms with Crippen molar-refractivity contribution in [2.45, 2.75) is 0 Å². The third kappa shape index (κ3) is 4.29. The highest BCUT2D eigenvalue weighted by molar-refractivity contribution is 6.12. The van der Waals surface area contributed by atoms with Crippen LogP contribution < -0.4 is 19.9 Å². The summed E-state index contributed by atoms with van der Waals surface area (Å²) in [5, 5.41) is 0. The highest BCUT2D eigenvalue weighted by Crippen LogP contribution is 2.29. The van der Waals surface area contributed by atoms with Gasteiger partial charge >= 0.3 is 5.97 Å². The summed E-state index contributed by atoms with van der Waals surface area (Å²) in [6, 6.07) is 12.0. The fourth-order valence-electron chi connectivity index (χ4n) is 2.47. The molecule has 0 spiro atoms. The summed E-state index contributed by atoms with van der Waals surface area (Å²) in [5.41, 5.74) is 6.53. The summed E-state index contributed by atoms with van der Waals surface area (Å²) in [6.45, 7) is -0.265. The van der Waals surface area contributed by atoms with Gasteiger partial charge < -0.3 is 24.7 Å². The van der Waals surface area contributed by atoms with E-state index < -0.39 is 11.9 Å². The van der Waals surface area contributed by atoms with Gasteiger partial charge in [0.2, 0.25) is 5.90 Å². The molecule has 1 aliphatic heterocycles. The lowest BCUT2D eigenvalue weighted by Crippen LogP contribution is -2.20. The van der Waals surface area contributed by atoms with Crippen LogP contribution in [0.3, 0.4) is 0 Å². The quantitative estimate of drug-likeness (QED) is 0.579. The van der Waals surface area contributed by atoms with Gasteiger partial charge in [-0.25, -0.2) is 9.79 Å². The molecule has 0 aliphatic carbocycles. The summed E-state index contributed by atoms with van der Waals surface area (Å²) in [4.78, 5) is 27.3. The number of nitrogens with two attached hydrogens (primary N) is 1. The van der Waals surface area contributed by atoms with Crippen LogP contribution in [0.4, 0.5) is 0 Å². The molecule has 1 heterocycles. The van der Waals surface area contributed by atoms with Crippen LogP contribution in [0, 0.1) is 0 Å². The SMILES string of the molecule is COc1ccc(C2=N/C(=C\c3ccc(OCC(N)=O)c(OC)c3)C(=O)O2)cc1. The highest BCUT2D eigenvalue weighted by atomic mass is 16.6. The Morgan fingerprint density at radius 2 is 1.86 bits per heavy atom. The summed E-state index contributed by atoms with van der Waals surface area (Å²) < 4.78 is 20.9. The van der Waals surface area contributed by atoms with Crippen LogP contribution in [0.25, 0.3) is 6.08 Å². The number of methoxy groups -OCH3 is 2. The Morgan fingerprint density at radius 3 is 2.50 bits per heavy atom. The maximum Gasteiger partial charge on any atom is 0.363 e. The van der Waals surface area contributed by atoms with Gasteiger partial charge in [0, 0.05) is 5.56 Å². The highest BCUT2D eigenvalue weighted by Gasteiger charge is 2.24. The van der Waals surface area contributed by atoms with E-state index in [1.807, 2.05) is 0 Å². The van der Waals surface area contributed by atoms with E-state index >= 15 is 0 Å². The second-order valence-corrected chi connectivity index (χ2v) is 5.73. The van der Waals surface area contributed by atoms with Gasteiger partial charge in [-0.15, -0.1) is 0 Å². The van der Waals surface area contributed by atoms with Crippen LogP contribution in [-0.4, -0.2) is 38.6 Å². The number of carbonyl (C=O) groups excluding carboxylic acids is 2. The minimum atomic E-state index is -0.595. The molecule has 0 atom stereocenters. The minimum Gasteiger partial charge on any atom is -0.497 e. The number of primary amides is 1. The average Bonchev–Trinajstić information content (AvgIpc) is 3.07. The zero-order valence-electron chi connectivity index (χ0n) is 15.3. The molecule has 3 rings (SSSR count). The first kappa shape index (κ1) is 19.0. The number of ether oxygens (including phenoxy) is 4. The predicted molar refractivity (Wildman–Crippen MR) is 101 cm³/mol. The number of nitrogens with zero attached hydrogens (tertiary/aromatic N) is 1. The number of rotatable bonds is 7. The smallest absolute Gasteiger partial charge is 0.363 e. The van der Waals surface area contributed by atoms with E-state index in [1.165, 1.54) is 7.11 Å². The predicted octanol–water partition coefficient (Wildman–Crippen LogP) is 1.91. The molecule has 144 valence electrons. The van der Waals surface area contributed by atoms with Crippen molar-refractivity contribution in [3.8, 4) is 17.2 Å². The first-order valence-corrected chi connectivity index (χ1v) is 8.26. The molecule has 8 heteroatoms. The lowest BCUT2D eigenvalue weighted by molar-refractivity contribution is -0.130. The molecule has 0 unspecified atom stereocenters. The van der Waals surface area contributed by atoms with Gasteiger partial charge in [-0.2, -0.15) is 0 Å². The van der Waals surface area contributed by atoms with Gasteiger partial charge in [0.1, 0.15) is 5.75 Å². The molecule has 1 aliphatic rings. The van der Waals surface area contributed by atoms with E-state index in [9.17, 15) is 9.59 Å². The van der Waals surface area contributed by atoms with Gasteiger partial charge in [-0.1, -0.05) is 6.07 Å². The Kier molecular flexibility index (Phi) is 5.59. The molecule has 0 saturated carbocycles. The van der Waals surface area contributed by atoms with Crippen molar-refractivity contribution in [1.82, 2.24) is 0 Å². The molecule has 0 saturated heterocycles. The first-order valence-electron chi connectivity index (χ1n) is 8.26. The molecule has 2 aromatic rings. The molecule has 0 bridgehead atoms. The van der Waals surface area contributed by atoms with Crippen molar-refractivity contribution in [1.29, 1.82) is 0 Å². The van der Waals surface area contributed by atoms with E-state index in [4.69, 9.17) is 24.7 Å². The normalized spacial score (nSPS) is 14.4. The summed E-state index contributed by atoms with van der Waals surface area (Å²) in [5.74, 6) is 0.504. The number of carbonyl (C=O) groups is 2. The summed E-state index contributed by atoms with van der Waals surface area (Å²) >= 11 is 0. The monoisotopic (exact) mass is 382 g/mol. The number of aliphatic imine (C=N–C) groups is 1. The molecule has 0 aromatic heterocycles. The maximum absolute atomic E-state index is 12.1. The van der Waals surface area contributed by atoms with Crippen molar-refractivity contribution in [3.63, 3.8) is 0 Å². The number of benzene rings is 2. The largest absolute Gasteiger partial charge is 0.497 e. The Morgan fingerprint density at radius 1 is 1.11 bits per heavy atom. The van der Waals surface area contributed by atoms with Crippen molar-refractivity contribution in [3.05, 3.63) is 59.3 Å². The molecule has 2 N–H and O–H groups in total. The molecule has 1 amide bonds. The summed E-state index contributed by atoms with van der Waals surface area (Å²) in [6.07, 6.45) is 1.57. The Labute approximate surface area is 161 Å². The van der Waals surface area contributed by atoms with Crippen molar-refractivity contribution >= 4 is 23.9 Å². The van der Waals surface area contributed by atoms with Crippen molar-refractivity contribution in [2.75, 3.05) is 20.8 Å². The van der Waals surface area contributed by atoms with Gasteiger partial charge in [0.15, 0.2) is 23.8 Å². The minimum absolute atomic E-state index is 0.152. The zero-order valence-corrected chi connectivity index (χ0v) is 15.3. The number of hydrogen-bond donors (Lipinski definition) is 1. The van der Waals surface area contributed by atoms with E-state index in [0.717, 1.165) is 0 Å². The molecule has 2 aromatic carbocycles. The van der Waals surface area contributed by atoms with Gasteiger partial charge in [-0.05, 0) is 48.0 Å². The standard InChI is InChI=1S/C20H18N2O6/c1-25-14-6-4-13(5-7-14)19-22-15(20(24)28-19)9-12-3-8-16(17(10-12)26-2)27-11-18(21)23/h3-10H,11H2,1-2H3,(H2,21,23)/b15-9-. The average molecular weight is 382 g/mol. The maximum atomic E-state index is 12.1. The number of hydrogen-bond acceptors (Lipinski definition) is 7. The lowest BCUT2D eigenvalue weighted by Gasteiger charge is -2.09. The van der Waals surface area contributed by atoms with Gasteiger partial charge in [0.25, 0.3) is 5.91 Å². The van der Waals surface area contributed by atoms with E-state index in [2.05, 4.69) is 4.99 Å². The second kappa shape index (κ2) is 8.26. The molecule has 0 fully saturated rings. The van der Waals surface area contributed by atoms with Crippen LogP contribution in [0.2, 0.25) is 0 Å². The molecule has 28 heavy (non-hydrogen) atoms. The topological polar surface area (TPSA) is 109 Å². The third-order valence-electron chi connectivity index (χ3n) is 3.82. The molecular weight excluding hydrogens is 364 g/mol. The number of cyclic esters (lactones) is 1. The van der Waals surface area contributed by atoms with E-state index in [1.54, 1.807) is 55.7 Å². The summed E-state index contributed by atoms with van der Waals surface area (Å²) in [7, 11) is 3.04. The third-order valence-corrected chi connectivity index (χ3v) is 3.82. The van der Waals surface area contributed by atoms with Crippen LogP contribution in [0.1, 0.15) is 11.1 Å². The van der Waals surface area contributed by atoms with Crippen LogP contribution in [-0.2, 0) is 14.3 Å². The Hall–Kier alpha value is -3.81. The zero-order chi connectivity index (χ0) is 20.1. The van der Waals surface area contributed by atoms with Crippen LogP contribution in [0.15, 0.2) is 53.2 Å². The number of amides is 1. The van der Waals surface area contributed by atoms with E-state index in [0.29, 0.717) is 28.4 Å². The number of esters is 1. The van der Waals surface area contributed by atoms with Gasteiger partial charge in [-0.3, -0.25) is 4.79 Å². The fraction of sp³-hybridized carbons (Fsp3) is 0.150. The van der Waals surface area contributed by atoms with Crippen molar-refractivity contribution < 1.29 is 28.5 Å². The fourth-order valence-corrected chi connectivity index (χ4v) is 2.47. The molecule has 0 radical (unpaired) electrons. The Balaban J connectivity index is 1.84. The second-order valence-electron chi connectivity index (χ2n) is 5.73. The lowest BCUT2D eigenvalue weighted by atomic mass is 10.1. The van der Waals surface area contributed by atoms with Crippen LogP contribution >= 0.6 is 0 Å². The van der Waals surface area contributed by atoms with Crippen molar-refractivity contribution in [2.24, 2.45) is 10.7 Å². The van der Waals surface area contributed by atoms with E-state index in [-0.39, 0.29) is 18.2 Å². The first-order chi connectivity index (χ1) is 13.5. The molecule has 8 nitrogen and oxygen atoms in total. The Bertz CT molecular complexity index is 963. The molecular formula is C20H18N2O6.